The SMILES string of the molecule is CCN(CC(=O)N[C@@H](c1ccc(F)cc1)c1cccs1)Cc1ccc(N(C)C)cc1. The zero-order chi connectivity index (χ0) is 21.5. The van der Waals surface area contributed by atoms with Crippen molar-refractivity contribution < 1.29 is 9.18 Å². The number of nitrogens with one attached hydrogen (secondary N) is 1. The lowest BCUT2D eigenvalue weighted by atomic mass is 10.1. The van der Waals surface area contributed by atoms with E-state index in [0.717, 1.165) is 22.7 Å². The van der Waals surface area contributed by atoms with E-state index in [2.05, 4.69) is 46.3 Å². The van der Waals surface area contributed by atoms with E-state index in [4.69, 9.17) is 0 Å². The van der Waals surface area contributed by atoms with Gasteiger partial charge in [0, 0.05) is 31.2 Å². The summed E-state index contributed by atoms with van der Waals surface area (Å²) in [4.78, 5) is 18.1. The molecular formula is C24H28FN3OS. The van der Waals surface area contributed by atoms with Gasteiger partial charge in [-0.15, -0.1) is 11.3 Å². The molecule has 158 valence electrons. The number of nitrogens with zero attached hydrogens (tertiary/aromatic N) is 2. The summed E-state index contributed by atoms with van der Waals surface area (Å²) in [6, 6.07) is 18.3. The highest BCUT2D eigenvalue weighted by atomic mass is 32.1. The van der Waals surface area contributed by atoms with E-state index in [1.54, 1.807) is 23.5 Å². The molecule has 2 aromatic carbocycles. The monoisotopic (exact) mass is 425 g/mol. The first-order chi connectivity index (χ1) is 14.5. The molecule has 1 amide bonds. The second kappa shape index (κ2) is 10.4. The maximum Gasteiger partial charge on any atom is 0.234 e. The van der Waals surface area contributed by atoms with Crippen molar-refractivity contribution in [3.63, 3.8) is 0 Å². The van der Waals surface area contributed by atoms with Crippen LogP contribution in [0.25, 0.3) is 0 Å². The zero-order valence-corrected chi connectivity index (χ0v) is 18.5. The summed E-state index contributed by atoms with van der Waals surface area (Å²) in [6.07, 6.45) is 0. The van der Waals surface area contributed by atoms with Crippen LogP contribution in [-0.4, -0.2) is 38.0 Å². The molecule has 0 radical (unpaired) electrons. The van der Waals surface area contributed by atoms with Crippen LogP contribution in [0.5, 0.6) is 0 Å². The van der Waals surface area contributed by atoms with Gasteiger partial charge in [0.2, 0.25) is 5.91 Å². The Morgan fingerprint density at radius 3 is 2.33 bits per heavy atom. The summed E-state index contributed by atoms with van der Waals surface area (Å²) in [6.45, 7) is 3.83. The van der Waals surface area contributed by atoms with E-state index in [9.17, 15) is 9.18 Å². The molecule has 0 saturated heterocycles. The molecule has 0 fully saturated rings. The first-order valence-corrected chi connectivity index (χ1v) is 10.9. The molecule has 0 bridgehead atoms. The van der Waals surface area contributed by atoms with Gasteiger partial charge in [-0.05, 0) is 53.4 Å². The smallest absolute Gasteiger partial charge is 0.234 e. The van der Waals surface area contributed by atoms with E-state index in [0.29, 0.717) is 13.1 Å². The zero-order valence-electron chi connectivity index (χ0n) is 17.6. The number of halogens is 1. The highest BCUT2D eigenvalue weighted by Crippen LogP contribution is 2.26. The lowest BCUT2D eigenvalue weighted by Crippen LogP contribution is -2.38. The first-order valence-electron chi connectivity index (χ1n) is 10.0. The molecule has 1 heterocycles. The molecule has 0 unspecified atom stereocenters. The number of carbonyl (C=O) groups is 1. The average molecular weight is 426 g/mol. The van der Waals surface area contributed by atoms with E-state index in [-0.39, 0.29) is 17.8 Å². The van der Waals surface area contributed by atoms with Crippen LogP contribution in [0.15, 0.2) is 66.0 Å². The molecule has 1 aromatic heterocycles. The van der Waals surface area contributed by atoms with Gasteiger partial charge < -0.3 is 10.2 Å². The van der Waals surface area contributed by atoms with Crippen molar-refractivity contribution in [3.05, 3.63) is 87.9 Å². The number of carbonyl (C=O) groups excluding carboxylic acids is 1. The van der Waals surface area contributed by atoms with E-state index in [1.807, 2.05) is 31.6 Å². The maximum atomic E-state index is 13.4. The summed E-state index contributed by atoms with van der Waals surface area (Å²) in [7, 11) is 4.03. The minimum atomic E-state index is -0.285. The van der Waals surface area contributed by atoms with Crippen LogP contribution in [0, 0.1) is 5.82 Å². The summed E-state index contributed by atoms with van der Waals surface area (Å²) in [5.41, 5.74) is 3.19. The normalized spacial score (nSPS) is 12.0. The minimum absolute atomic E-state index is 0.0514. The Bertz CT molecular complexity index is 924. The van der Waals surface area contributed by atoms with Crippen LogP contribution in [0.3, 0.4) is 0 Å². The third-order valence-electron chi connectivity index (χ3n) is 5.01. The van der Waals surface area contributed by atoms with Crippen LogP contribution in [-0.2, 0) is 11.3 Å². The number of amides is 1. The predicted octanol–water partition coefficient (Wildman–Crippen LogP) is 4.68. The van der Waals surface area contributed by atoms with Gasteiger partial charge in [-0.3, -0.25) is 9.69 Å². The highest BCUT2D eigenvalue weighted by Gasteiger charge is 2.19. The van der Waals surface area contributed by atoms with Crippen molar-refractivity contribution in [1.29, 1.82) is 0 Å². The molecule has 1 N–H and O–H groups in total. The van der Waals surface area contributed by atoms with E-state index in [1.165, 1.54) is 17.7 Å². The summed E-state index contributed by atoms with van der Waals surface area (Å²) >= 11 is 1.58. The minimum Gasteiger partial charge on any atom is -0.378 e. The third-order valence-corrected chi connectivity index (χ3v) is 5.95. The number of hydrogen-bond donors (Lipinski definition) is 1. The number of likely N-dealkylation sites (N-methyl/N-ethyl adjacent to an activating group) is 1. The second-order valence-corrected chi connectivity index (χ2v) is 8.41. The number of hydrogen-bond acceptors (Lipinski definition) is 4. The molecule has 6 heteroatoms. The highest BCUT2D eigenvalue weighted by molar-refractivity contribution is 7.10. The van der Waals surface area contributed by atoms with Gasteiger partial charge >= 0.3 is 0 Å². The fourth-order valence-electron chi connectivity index (χ4n) is 3.28. The molecule has 4 nitrogen and oxygen atoms in total. The summed E-state index contributed by atoms with van der Waals surface area (Å²) < 4.78 is 13.4. The standard InChI is InChI=1S/C24H28FN3OS/c1-4-28(16-18-7-13-21(14-8-18)27(2)3)17-23(29)26-24(22-6-5-15-30-22)19-9-11-20(25)12-10-19/h5-15,24H,4,16-17H2,1-3H3,(H,26,29)/t24-/m0/s1. The molecule has 0 aliphatic rings. The van der Waals surface area contributed by atoms with E-state index < -0.39 is 0 Å². The maximum absolute atomic E-state index is 13.4. The van der Waals surface area contributed by atoms with Crippen molar-refractivity contribution in [2.45, 2.75) is 19.5 Å². The predicted molar refractivity (Wildman–Crippen MR) is 122 cm³/mol. The van der Waals surface area contributed by atoms with Crippen LogP contribution >= 0.6 is 11.3 Å². The molecule has 30 heavy (non-hydrogen) atoms. The lowest BCUT2D eigenvalue weighted by Gasteiger charge is -2.23. The van der Waals surface area contributed by atoms with Gasteiger partial charge in [-0.1, -0.05) is 37.3 Å². The largest absolute Gasteiger partial charge is 0.378 e. The van der Waals surface area contributed by atoms with Gasteiger partial charge in [0.25, 0.3) is 0 Å². The van der Waals surface area contributed by atoms with Crippen molar-refractivity contribution in [3.8, 4) is 0 Å². The Hall–Kier alpha value is -2.70. The van der Waals surface area contributed by atoms with Gasteiger partial charge in [0.05, 0.1) is 12.6 Å². The number of rotatable bonds is 9. The fraction of sp³-hybridized carbons (Fsp3) is 0.292. The topological polar surface area (TPSA) is 35.6 Å². The Balaban J connectivity index is 1.66. The Kier molecular flexibility index (Phi) is 7.60. The average Bonchev–Trinajstić information content (AvgIpc) is 3.27. The fourth-order valence-corrected chi connectivity index (χ4v) is 4.08. The number of anilines is 1. The lowest BCUT2D eigenvalue weighted by molar-refractivity contribution is -0.122. The van der Waals surface area contributed by atoms with Crippen molar-refractivity contribution >= 4 is 22.9 Å². The van der Waals surface area contributed by atoms with Crippen LogP contribution in [0.2, 0.25) is 0 Å². The van der Waals surface area contributed by atoms with Crippen LogP contribution in [0.1, 0.15) is 29.0 Å². The van der Waals surface area contributed by atoms with Gasteiger partial charge in [0.15, 0.2) is 0 Å². The van der Waals surface area contributed by atoms with Crippen molar-refractivity contribution in [1.82, 2.24) is 10.2 Å². The molecular weight excluding hydrogens is 397 g/mol. The Morgan fingerprint density at radius 1 is 1.07 bits per heavy atom. The Labute approximate surface area is 182 Å². The quantitative estimate of drug-likeness (QED) is 0.541. The van der Waals surface area contributed by atoms with Crippen LogP contribution < -0.4 is 10.2 Å². The number of thiophene rings is 1. The van der Waals surface area contributed by atoms with E-state index >= 15 is 0 Å². The molecule has 1 atom stereocenters. The van der Waals surface area contributed by atoms with Gasteiger partial charge in [0.1, 0.15) is 5.82 Å². The molecule has 0 aliphatic heterocycles. The Morgan fingerprint density at radius 2 is 1.77 bits per heavy atom. The molecule has 0 aliphatic carbocycles. The van der Waals surface area contributed by atoms with Gasteiger partial charge in [-0.2, -0.15) is 0 Å². The molecule has 0 saturated carbocycles. The first kappa shape index (κ1) is 22.0. The van der Waals surface area contributed by atoms with Crippen molar-refractivity contribution in [2.24, 2.45) is 0 Å². The molecule has 0 spiro atoms. The second-order valence-electron chi connectivity index (χ2n) is 7.43. The third kappa shape index (κ3) is 5.90. The van der Waals surface area contributed by atoms with Crippen LogP contribution in [0.4, 0.5) is 10.1 Å². The summed E-state index contributed by atoms with van der Waals surface area (Å²) in [5, 5.41) is 5.11. The summed E-state index contributed by atoms with van der Waals surface area (Å²) in [5.74, 6) is -0.336. The van der Waals surface area contributed by atoms with Crippen molar-refractivity contribution in [2.75, 3.05) is 32.1 Å². The molecule has 3 aromatic rings. The molecule has 3 rings (SSSR count). The number of benzene rings is 2. The van der Waals surface area contributed by atoms with Gasteiger partial charge in [-0.25, -0.2) is 4.39 Å².